The van der Waals surface area contributed by atoms with Crippen LogP contribution in [0.1, 0.15) is 18.4 Å². The summed E-state index contributed by atoms with van der Waals surface area (Å²) in [5, 5.41) is 35.4. The van der Waals surface area contributed by atoms with Crippen molar-refractivity contribution in [2.45, 2.75) is 43.4 Å². The first-order valence-electron chi connectivity index (χ1n) is 10.9. The van der Waals surface area contributed by atoms with Gasteiger partial charge in [0.1, 0.15) is 24.2 Å². The molecule has 0 aliphatic heterocycles. The number of benzene rings is 1. The van der Waals surface area contributed by atoms with Gasteiger partial charge in [0, 0.05) is 35.7 Å². The molecule has 0 spiro atoms. The van der Waals surface area contributed by atoms with Crippen LogP contribution in [0.15, 0.2) is 30.5 Å². The lowest BCUT2D eigenvalue weighted by Gasteiger charge is -2.24. The Bertz CT molecular complexity index is 1110. The number of carboxylic acid groups (broad SMARTS) is 2. The molecule has 196 valence electrons. The quantitative estimate of drug-likeness (QED) is 0.129. The molecule has 0 saturated carbocycles. The number of H-pyrrole nitrogens is 1. The first-order chi connectivity index (χ1) is 17.1. The van der Waals surface area contributed by atoms with Gasteiger partial charge in [0.2, 0.25) is 17.7 Å². The lowest BCUT2D eigenvalue weighted by molar-refractivity contribution is -0.143. The van der Waals surface area contributed by atoms with Crippen LogP contribution in [0.4, 0.5) is 0 Å². The van der Waals surface area contributed by atoms with Crippen LogP contribution in [0.5, 0.6) is 0 Å². The van der Waals surface area contributed by atoms with Gasteiger partial charge in [-0.2, -0.15) is 12.6 Å². The van der Waals surface area contributed by atoms with Gasteiger partial charge in [-0.1, -0.05) is 18.2 Å². The third-order valence-corrected chi connectivity index (χ3v) is 5.71. The van der Waals surface area contributed by atoms with E-state index in [1.54, 1.807) is 18.3 Å². The molecule has 1 aromatic heterocycles. The molecule has 0 aliphatic carbocycles. The summed E-state index contributed by atoms with van der Waals surface area (Å²) in [6.45, 7) is -0.663. The van der Waals surface area contributed by atoms with E-state index in [1.807, 2.05) is 12.1 Å². The molecule has 0 saturated heterocycles. The topological polar surface area (TPSA) is 224 Å². The molecule has 1 heterocycles. The van der Waals surface area contributed by atoms with Gasteiger partial charge >= 0.3 is 11.9 Å². The Balaban J connectivity index is 2.15. The van der Waals surface area contributed by atoms with E-state index in [0.29, 0.717) is 5.56 Å². The van der Waals surface area contributed by atoms with Crippen molar-refractivity contribution in [3.05, 3.63) is 36.0 Å². The maximum absolute atomic E-state index is 12.9. The first-order valence-corrected chi connectivity index (χ1v) is 11.6. The van der Waals surface area contributed by atoms with Gasteiger partial charge in [0.05, 0.1) is 6.61 Å². The fourth-order valence-corrected chi connectivity index (χ4v) is 3.61. The van der Waals surface area contributed by atoms with E-state index in [0.717, 1.165) is 10.9 Å². The predicted octanol–water partition coefficient (Wildman–Crippen LogP) is -1.64. The molecule has 0 fully saturated rings. The number of fused-ring (bicyclic) bond motifs is 1. The number of aromatic nitrogens is 1. The Morgan fingerprint density at radius 3 is 2.17 bits per heavy atom. The van der Waals surface area contributed by atoms with Gasteiger partial charge in [0.25, 0.3) is 0 Å². The normalized spacial score (nSPS) is 14.3. The fourth-order valence-electron chi connectivity index (χ4n) is 3.36. The number of carbonyl (C=O) groups excluding carboxylic acids is 3. The zero-order chi connectivity index (χ0) is 26.8. The number of aromatic amines is 1. The molecule has 0 aliphatic rings. The Kier molecular flexibility index (Phi) is 10.7. The summed E-state index contributed by atoms with van der Waals surface area (Å²) in [6.07, 6.45) is 0.730. The molecule has 4 atom stereocenters. The Hall–Kier alpha value is -3.62. The average molecular weight is 524 g/mol. The van der Waals surface area contributed by atoms with Gasteiger partial charge in [0.15, 0.2) is 0 Å². The van der Waals surface area contributed by atoms with Crippen molar-refractivity contribution in [2.24, 2.45) is 5.73 Å². The minimum absolute atomic E-state index is 0.0704. The summed E-state index contributed by atoms with van der Waals surface area (Å²) < 4.78 is 0. The minimum Gasteiger partial charge on any atom is -0.481 e. The Morgan fingerprint density at radius 1 is 0.944 bits per heavy atom. The summed E-state index contributed by atoms with van der Waals surface area (Å²) >= 11 is 3.99. The number of nitrogens with one attached hydrogen (secondary N) is 4. The standard InChI is InChI=1S/C22H29N5O8S/c23-13(9-28)19(31)27-17(10-36)21(33)25-15(5-6-18(29)30)20(32)26-16(22(34)35)7-11-8-24-14-4-2-1-3-12(11)14/h1-4,8,13,15-17,24,28,36H,5-7,9-10,23H2,(H,25,33)(H,26,32)(H,27,31)(H,29,30)(H,34,35). The molecule has 0 bridgehead atoms. The molecule has 4 unspecified atom stereocenters. The van der Waals surface area contributed by atoms with Crippen molar-refractivity contribution in [2.75, 3.05) is 12.4 Å². The number of para-hydroxylation sites is 1. The zero-order valence-corrected chi connectivity index (χ0v) is 20.0. The molecule has 3 amide bonds. The van der Waals surface area contributed by atoms with Crippen LogP contribution in [-0.2, 0) is 30.4 Å². The zero-order valence-electron chi connectivity index (χ0n) is 19.1. The predicted molar refractivity (Wildman–Crippen MR) is 131 cm³/mol. The highest BCUT2D eigenvalue weighted by atomic mass is 32.1. The second-order valence-corrected chi connectivity index (χ2v) is 8.35. The van der Waals surface area contributed by atoms with E-state index in [4.69, 9.17) is 15.9 Å². The second kappa shape index (κ2) is 13.5. The monoisotopic (exact) mass is 523 g/mol. The molecular weight excluding hydrogens is 494 g/mol. The van der Waals surface area contributed by atoms with Crippen LogP contribution >= 0.6 is 12.6 Å². The highest BCUT2D eigenvalue weighted by molar-refractivity contribution is 7.80. The summed E-state index contributed by atoms with van der Waals surface area (Å²) in [7, 11) is 0. The maximum Gasteiger partial charge on any atom is 0.326 e. The summed E-state index contributed by atoms with van der Waals surface area (Å²) in [5.74, 6) is -5.35. The Morgan fingerprint density at radius 2 is 1.56 bits per heavy atom. The van der Waals surface area contributed by atoms with Crippen LogP contribution in [0.25, 0.3) is 10.9 Å². The van der Waals surface area contributed by atoms with E-state index < -0.39 is 66.9 Å². The smallest absolute Gasteiger partial charge is 0.326 e. The van der Waals surface area contributed by atoms with Gasteiger partial charge < -0.3 is 42.0 Å². The number of thiol groups is 1. The molecule has 1 aromatic carbocycles. The van der Waals surface area contributed by atoms with E-state index in [1.165, 1.54) is 0 Å². The van der Waals surface area contributed by atoms with Gasteiger partial charge in [-0.3, -0.25) is 19.2 Å². The number of hydrogen-bond acceptors (Lipinski definition) is 8. The van der Waals surface area contributed by atoms with E-state index in [-0.39, 0.29) is 18.6 Å². The summed E-state index contributed by atoms with van der Waals surface area (Å²) in [4.78, 5) is 63.5. The number of aliphatic hydroxyl groups is 1. The first kappa shape index (κ1) is 28.6. The highest BCUT2D eigenvalue weighted by Gasteiger charge is 2.30. The summed E-state index contributed by atoms with van der Waals surface area (Å²) in [5.41, 5.74) is 6.85. The van der Waals surface area contributed by atoms with Gasteiger partial charge in [-0.25, -0.2) is 4.79 Å². The molecule has 9 N–H and O–H groups in total. The van der Waals surface area contributed by atoms with Gasteiger partial charge in [-0.15, -0.1) is 0 Å². The third-order valence-electron chi connectivity index (χ3n) is 5.34. The number of carbonyl (C=O) groups is 5. The number of aliphatic hydroxyl groups excluding tert-OH is 1. The number of hydrogen-bond donors (Lipinski definition) is 9. The van der Waals surface area contributed by atoms with Crippen molar-refractivity contribution < 1.29 is 39.3 Å². The van der Waals surface area contributed by atoms with E-state index in [2.05, 4.69) is 33.6 Å². The number of aliphatic carboxylic acids is 2. The van der Waals surface area contributed by atoms with Crippen LogP contribution < -0.4 is 21.7 Å². The van der Waals surface area contributed by atoms with Crippen LogP contribution in [0.2, 0.25) is 0 Å². The average Bonchev–Trinajstić information content (AvgIpc) is 3.26. The number of carboxylic acids is 2. The highest BCUT2D eigenvalue weighted by Crippen LogP contribution is 2.19. The molecule has 14 heteroatoms. The van der Waals surface area contributed by atoms with Crippen molar-refractivity contribution in [1.29, 1.82) is 0 Å². The van der Waals surface area contributed by atoms with E-state index >= 15 is 0 Å². The summed E-state index contributed by atoms with van der Waals surface area (Å²) in [6, 6.07) is 1.89. The van der Waals surface area contributed by atoms with Crippen molar-refractivity contribution in [3.8, 4) is 0 Å². The van der Waals surface area contributed by atoms with Crippen LogP contribution in [-0.4, -0.2) is 86.5 Å². The largest absolute Gasteiger partial charge is 0.481 e. The minimum atomic E-state index is -1.41. The molecule has 36 heavy (non-hydrogen) atoms. The van der Waals surface area contributed by atoms with Gasteiger partial charge in [-0.05, 0) is 18.1 Å². The van der Waals surface area contributed by atoms with Crippen LogP contribution in [0, 0.1) is 0 Å². The molecule has 2 aromatic rings. The fraction of sp³-hybridized carbons (Fsp3) is 0.409. The molecule has 13 nitrogen and oxygen atoms in total. The van der Waals surface area contributed by atoms with Crippen LogP contribution in [0.3, 0.4) is 0 Å². The lowest BCUT2D eigenvalue weighted by Crippen LogP contribution is -2.58. The molecule has 0 radical (unpaired) electrons. The maximum atomic E-state index is 12.9. The second-order valence-electron chi connectivity index (χ2n) is 7.99. The van der Waals surface area contributed by atoms with Crippen molar-refractivity contribution in [1.82, 2.24) is 20.9 Å². The van der Waals surface area contributed by atoms with Crippen molar-refractivity contribution in [3.63, 3.8) is 0 Å². The number of amides is 3. The number of nitrogens with two attached hydrogens (primary N) is 1. The third kappa shape index (κ3) is 7.96. The lowest BCUT2D eigenvalue weighted by atomic mass is 10.0. The Labute approximate surface area is 211 Å². The molecule has 2 rings (SSSR count). The molecular formula is C22H29N5O8S. The van der Waals surface area contributed by atoms with E-state index in [9.17, 15) is 29.1 Å². The SMILES string of the molecule is NC(CO)C(=O)NC(CS)C(=O)NC(CCC(=O)O)C(=O)NC(Cc1c[nH]c2ccccc12)C(=O)O. The number of rotatable bonds is 14. The van der Waals surface area contributed by atoms with Crippen molar-refractivity contribution >= 4 is 53.2 Å².